The zero-order chi connectivity index (χ0) is 22.0. The zero-order valence-electron chi connectivity index (χ0n) is 17.3. The molecule has 6 nitrogen and oxygen atoms in total. The fourth-order valence-electron chi connectivity index (χ4n) is 2.65. The first kappa shape index (κ1) is 23.8. The molecule has 0 aliphatic carbocycles. The highest BCUT2D eigenvalue weighted by atomic mass is 32.1. The number of rotatable bonds is 10. The van der Waals surface area contributed by atoms with Crippen LogP contribution in [0.1, 0.15) is 36.5 Å². The van der Waals surface area contributed by atoms with Crippen molar-refractivity contribution in [2.45, 2.75) is 39.4 Å². The van der Waals surface area contributed by atoms with Crippen molar-refractivity contribution in [3.8, 4) is 11.5 Å². The molecule has 0 amide bonds. The number of aryl methyl sites for hydroxylation is 1. The summed E-state index contributed by atoms with van der Waals surface area (Å²) in [7, 11) is 1.61. The van der Waals surface area contributed by atoms with Gasteiger partial charge in [0.25, 0.3) is 0 Å². The number of methoxy groups -OCH3 is 1. The number of hydrogen-bond acceptors (Lipinski definition) is 5. The Bertz CT molecular complexity index is 825. The van der Waals surface area contributed by atoms with Gasteiger partial charge in [0.1, 0.15) is 5.01 Å². The second-order valence-electron chi connectivity index (χ2n) is 6.27. The molecule has 0 fully saturated rings. The number of aromatic nitrogens is 1. The molecule has 1 aromatic heterocycles. The largest absolute Gasteiger partial charge is 0.493 e. The van der Waals surface area contributed by atoms with Crippen LogP contribution in [0.5, 0.6) is 11.5 Å². The van der Waals surface area contributed by atoms with Crippen LogP contribution in [0, 0.1) is 0 Å². The van der Waals surface area contributed by atoms with Crippen molar-refractivity contribution in [3.63, 3.8) is 0 Å². The van der Waals surface area contributed by atoms with E-state index in [1.165, 1.54) is 0 Å². The normalized spacial score (nSPS) is 12.0. The average Bonchev–Trinajstić information content (AvgIpc) is 3.19. The van der Waals surface area contributed by atoms with Crippen molar-refractivity contribution < 1.29 is 22.6 Å². The Balaban J connectivity index is 1.86. The maximum Gasteiger partial charge on any atom is 0.434 e. The Morgan fingerprint density at radius 1 is 1.20 bits per heavy atom. The molecule has 0 aliphatic heterocycles. The molecular weight excluding hydrogens is 417 g/mol. The molecule has 0 aliphatic rings. The third kappa shape index (κ3) is 7.40. The highest BCUT2D eigenvalue weighted by Crippen LogP contribution is 2.30. The lowest BCUT2D eigenvalue weighted by Gasteiger charge is -2.12. The number of benzene rings is 1. The van der Waals surface area contributed by atoms with E-state index in [0.29, 0.717) is 36.4 Å². The molecule has 166 valence electrons. The number of guanidine groups is 1. The maximum atomic E-state index is 12.6. The Morgan fingerprint density at radius 3 is 2.63 bits per heavy atom. The molecule has 0 radical (unpaired) electrons. The Morgan fingerprint density at radius 2 is 2.00 bits per heavy atom. The lowest BCUT2D eigenvalue weighted by molar-refractivity contribution is -0.140. The number of ether oxygens (including phenoxy) is 2. The molecule has 0 unspecified atom stereocenters. The Labute approximate surface area is 178 Å². The molecule has 2 N–H and O–H groups in total. The summed E-state index contributed by atoms with van der Waals surface area (Å²) in [5.41, 5.74) is 0.257. The third-order valence-corrected chi connectivity index (χ3v) is 4.85. The van der Waals surface area contributed by atoms with Crippen LogP contribution in [0.2, 0.25) is 0 Å². The van der Waals surface area contributed by atoms with Gasteiger partial charge in [0, 0.05) is 18.5 Å². The van der Waals surface area contributed by atoms with E-state index in [2.05, 4.69) is 20.6 Å². The van der Waals surface area contributed by atoms with Crippen LogP contribution in [0.15, 0.2) is 28.6 Å². The smallest absolute Gasteiger partial charge is 0.434 e. The van der Waals surface area contributed by atoms with Gasteiger partial charge >= 0.3 is 6.18 Å². The van der Waals surface area contributed by atoms with Crippen LogP contribution in [0.3, 0.4) is 0 Å². The molecule has 30 heavy (non-hydrogen) atoms. The lowest BCUT2D eigenvalue weighted by Crippen LogP contribution is -2.37. The fraction of sp³-hybridized carbons (Fsp3) is 0.500. The van der Waals surface area contributed by atoms with Crippen LogP contribution >= 0.6 is 11.3 Å². The van der Waals surface area contributed by atoms with Crippen LogP contribution < -0.4 is 20.1 Å². The minimum atomic E-state index is -4.43. The maximum absolute atomic E-state index is 12.6. The quantitative estimate of drug-likeness (QED) is 0.326. The molecule has 1 heterocycles. The van der Waals surface area contributed by atoms with Crippen molar-refractivity contribution in [1.29, 1.82) is 0 Å². The first-order valence-electron chi connectivity index (χ1n) is 9.70. The number of aliphatic imine (C=N–C) groups is 1. The van der Waals surface area contributed by atoms with Crippen molar-refractivity contribution in [1.82, 2.24) is 15.6 Å². The second-order valence-corrected chi connectivity index (χ2v) is 7.21. The van der Waals surface area contributed by atoms with Gasteiger partial charge < -0.3 is 20.1 Å². The number of nitrogens with zero attached hydrogens (tertiary/aromatic N) is 2. The van der Waals surface area contributed by atoms with E-state index < -0.39 is 11.9 Å². The monoisotopic (exact) mass is 444 g/mol. The minimum Gasteiger partial charge on any atom is -0.493 e. The number of thiazole rings is 1. The van der Waals surface area contributed by atoms with Crippen LogP contribution in [-0.4, -0.2) is 37.7 Å². The number of alkyl halides is 3. The zero-order valence-corrected chi connectivity index (χ0v) is 18.1. The van der Waals surface area contributed by atoms with E-state index in [-0.39, 0.29) is 6.54 Å². The fourth-order valence-corrected chi connectivity index (χ4v) is 3.37. The summed E-state index contributed by atoms with van der Waals surface area (Å²) in [6.45, 7) is 5.81. The standard InChI is InChI=1S/C20H27F3N4O2S/c1-4-24-19(26-12-18-27-17(13-30-18)20(21,22)23)25-10-6-7-14-8-9-15(28-3)16(11-14)29-5-2/h8-9,11,13H,4-7,10,12H2,1-3H3,(H2,24,25,26). The summed E-state index contributed by atoms with van der Waals surface area (Å²) in [5, 5.41) is 7.62. The third-order valence-electron chi connectivity index (χ3n) is 4.02. The summed E-state index contributed by atoms with van der Waals surface area (Å²) in [6.07, 6.45) is -2.75. The van der Waals surface area contributed by atoms with E-state index in [1.54, 1.807) is 7.11 Å². The Kier molecular flexibility index (Phi) is 9.22. The van der Waals surface area contributed by atoms with E-state index >= 15 is 0 Å². The van der Waals surface area contributed by atoms with Gasteiger partial charge in [-0.3, -0.25) is 0 Å². The molecule has 0 bridgehead atoms. The van der Waals surface area contributed by atoms with Crippen molar-refractivity contribution in [2.75, 3.05) is 26.8 Å². The topological polar surface area (TPSA) is 67.8 Å². The predicted molar refractivity (Wildman–Crippen MR) is 112 cm³/mol. The Hall–Kier alpha value is -2.49. The predicted octanol–water partition coefficient (Wildman–Crippen LogP) is 4.26. The first-order valence-corrected chi connectivity index (χ1v) is 10.6. The van der Waals surface area contributed by atoms with Crippen LogP contribution in [-0.2, 0) is 19.1 Å². The van der Waals surface area contributed by atoms with Gasteiger partial charge in [0.2, 0.25) is 0 Å². The molecule has 0 saturated heterocycles. The molecule has 0 saturated carbocycles. The molecule has 1 aromatic carbocycles. The van der Waals surface area contributed by atoms with Crippen molar-refractivity contribution >= 4 is 17.3 Å². The van der Waals surface area contributed by atoms with Crippen molar-refractivity contribution in [3.05, 3.63) is 39.8 Å². The summed E-state index contributed by atoms with van der Waals surface area (Å²) in [5.74, 6) is 1.98. The number of halogens is 3. The van der Waals surface area contributed by atoms with Crippen LogP contribution in [0.4, 0.5) is 13.2 Å². The van der Waals surface area contributed by atoms with E-state index in [1.807, 2.05) is 32.0 Å². The summed E-state index contributed by atoms with van der Waals surface area (Å²) < 4.78 is 48.8. The van der Waals surface area contributed by atoms with Gasteiger partial charge in [-0.1, -0.05) is 6.07 Å². The molecule has 2 rings (SSSR count). The highest BCUT2D eigenvalue weighted by Gasteiger charge is 2.33. The summed E-state index contributed by atoms with van der Waals surface area (Å²) >= 11 is 0.955. The first-order chi connectivity index (χ1) is 14.4. The number of nitrogens with one attached hydrogen (secondary N) is 2. The van der Waals surface area contributed by atoms with Gasteiger partial charge in [0.15, 0.2) is 23.2 Å². The van der Waals surface area contributed by atoms with Gasteiger partial charge in [-0.05, 0) is 44.4 Å². The van der Waals surface area contributed by atoms with Gasteiger partial charge in [0.05, 0.1) is 20.3 Å². The van der Waals surface area contributed by atoms with E-state index in [0.717, 1.165) is 40.9 Å². The second kappa shape index (κ2) is 11.6. The molecular formula is C20H27F3N4O2S. The molecule has 0 atom stereocenters. The SMILES string of the molecule is CCNC(=NCc1nc(C(F)(F)F)cs1)NCCCc1ccc(OC)c(OCC)c1. The molecule has 10 heteroatoms. The van der Waals surface area contributed by atoms with E-state index in [9.17, 15) is 13.2 Å². The van der Waals surface area contributed by atoms with Crippen molar-refractivity contribution in [2.24, 2.45) is 4.99 Å². The van der Waals surface area contributed by atoms with E-state index in [4.69, 9.17) is 9.47 Å². The van der Waals surface area contributed by atoms with Gasteiger partial charge in [-0.25, -0.2) is 9.98 Å². The summed E-state index contributed by atoms with van der Waals surface area (Å²) in [4.78, 5) is 7.92. The summed E-state index contributed by atoms with van der Waals surface area (Å²) in [6, 6.07) is 5.87. The van der Waals surface area contributed by atoms with Gasteiger partial charge in [-0.2, -0.15) is 13.2 Å². The molecule has 0 spiro atoms. The van der Waals surface area contributed by atoms with Gasteiger partial charge in [-0.15, -0.1) is 11.3 Å². The average molecular weight is 445 g/mol. The molecule has 2 aromatic rings. The minimum absolute atomic E-state index is 0.0896. The number of hydrogen-bond donors (Lipinski definition) is 2. The highest BCUT2D eigenvalue weighted by molar-refractivity contribution is 7.09. The van der Waals surface area contributed by atoms with Crippen LogP contribution in [0.25, 0.3) is 0 Å². The lowest BCUT2D eigenvalue weighted by atomic mass is 10.1.